The molecule has 0 spiro atoms. The van der Waals surface area contributed by atoms with E-state index >= 15 is 17.6 Å². The normalized spacial score (nSPS) is 12.4. The largest absolute Gasteiger partial charge is 0.208 e. The number of rotatable bonds is 10. The molecular formula is C70H32F4N12. The lowest BCUT2D eigenvalue weighted by Crippen LogP contribution is -2.10. The molecule has 0 fully saturated rings. The van der Waals surface area contributed by atoms with Crippen LogP contribution in [-0.4, -0.2) is 29.9 Å². The lowest BCUT2D eigenvalue weighted by atomic mass is 9.82. The van der Waals surface area contributed by atoms with E-state index in [1.165, 1.54) is 48.5 Å². The predicted molar refractivity (Wildman–Crippen MR) is 310 cm³/mol. The number of hydrogen-bond donors (Lipinski definition) is 0. The smallest absolute Gasteiger partial charge is 0.166 e. The van der Waals surface area contributed by atoms with Crippen LogP contribution in [-0.2, 0) is 0 Å². The van der Waals surface area contributed by atoms with Crippen molar-refractivity contribution in [3.05, 3.63) is 307 Å². The van der Waals surface area contributed by atoms with E-state index in [1.807, 2.05) is 24.3 Å². The van der Waals surface area contributed by atoms with Crippen molar-refractivity contribution in [2.75, 3.05) is 0 Å². The standard InChI is InChI=1S/C70H32F4N12/c71-53-25-21-43(29-47(53)33-75)57(44-22-26-54(72)48(30-44)34-76)63-60-52(38-80)62(70-85-67(41-17-9-3-10-18-41)82-68(86-70)42-19-11-4-12-20-42)64(58(45-23-27-55(73)49(31-45)35-77)46-24-28-56(74)50(32-46)36-78)59(60)51(37-79)61(63)69-83-65(39-13-5-1-6-14-39)81-66(84-69)40-15-7-2-8-16-40/h1-32H. The van der Waals surface area contributed by atoms with E-state index < -0.39 is 45.5 Å². The molecule has 12 nitrogen and oxygen atoms in total. The van der Waals surface area contributed by atoms with E-state index in [4.69, 9.17) is 29.9 Å². The summed E-state index contributed by atoms with van der Waals surface area (Å²) in [5.74, 6) is -3.46. The van der Waals surface area contributed by atoms with Crippen molar-refractivity contribution in [1.82, 2.24) is 29.9 Å². The molecular weight excluding hydrogens is 1080 g/mol. The maximum Gasteiger partial charge on any atom is 0.166 e. The summed E-state index contributed by atoms with van der Waals surface area (Å²) in [4.78, 5) is 30.2. The predicted octanol–water partition coefficient (Wildman–Crippen LogP) is 14.4. The Kier molecular flexibility index (Phi) is 14.1. The minimum Gasteiger partial charge on any atom is -0.208 e. The second-order valence-corrected chi connectivity index (χ2v) is 19.3. The molecule has 0 aliphatic heterocycles. The van der Waals surface area contributed by atoms with Crippen molar-refractivity contribution < 1.29 is 17.6 Å². The first-order valence-electron chi connectivity index (χ1n) is 26.1. The maximum atomic E-state index is 15.8. The highest BCUT2D eigenvalue weighted by Crippen LogP contribution is 2.60. The van der Waals surface area contributed by atoms with Gasteiger partial charge in [0.1, 0.15) is 59.7 Å². The van der Waals surface area contributed by atoms with Gasteiger partial charge >= 0.3 is 0 Å². The van der Waals surface area contributed by atoms with Crippen LogP contribution < -0.4 is 0 Å². The number of nitrogens with zero attached hydrogens (tertiary/aromatic N) is 12. The van der Waals surface area contributed by atoms with E-state index in [1.54, 1.807) is 121 Å². The Morgan fingerprint density at radius 1 is 0.267 bits per heavy atom. The van der Waals surface area contributed by atoms with Gasteiger partial charge in [-0.05, 0) is 81.9 Å². The summed E-state index contributed by atoms with van der Waals surface area (Å²) in [6.45, 7) is 0. The molecule has 86 heavy (non-hydrogen) atoms. The molecule has 0 saturated carbocycles. The number of halogens is 4. The fraction of sp³-hybridized carbons (Fsp3) is 0. The third kappa shape index (κ3) is 9.58. The molecule has 8 aromatic carbocycles. The van der Waals surface area contributed by atoms with Gasteiger partial charge in [0.15, 0.2) is 34.9 Å². The summed E-state index contributed by atoms with van der Waals surface area (Å²) in [6.07, 6.45) is 0. The Balaban J connectivity index is 1.35. The molecule has 10 aromatic rings. The van der Waals surface area contributed by atoms with Gasteiger partial charge in [-0.25, -0.2) is 47.5 Å². The first-order valence-corrected chi connectivity index (χ1v) is 26.1. The molecule has 0 atom stereocenters. The topological polar surface area (TPSA) is 220 Å². The molecule has 400 valence electrons. The third-order valence-corrected chi connectivity index (χ3v) is 14.3. The van der Waals surface area contributed by atoms with E-state index in [0.29, 0.717) is 22.3 Å². The van der Waals surface area contributed by atoms with Gasteiger partial charge in [0.05, 0.1) is 33.4 Å². The molecule has 0 N–H and O–H groups in total. The summed E-state index contributed by atoms with van der Waals surface area (Å²) < 4.78 is 63.1. The van der Waals surface area contributed by atoms with Crippen LogP contribution in [0.15, 0.2) is 228 Å². The second-order valence-electron chi connectivity index (χ2n) is 19.3. The van der Waals surface area contributed by atoms with Crippen molar-refractivity contribution in [2.24, 2.45) is 0 Å². The highest BCUT2D eigenvalue weighted by atomic mass is 19.1. The first-order chi connectivity index (χ1) is 42.0. The zero-order valence-corrected chi connectivity index (χ0v) is 44.4. The molecule has 2 aliphatic rings. The van der Waals surface area contributed by atoms with Crippen LogP contribution in [0.3, 0.4) is 0 Å². The number of allylic oxidation sites excluding steroid dienone is 8. The third-order valence-electron chi connectivity index (χ3n) is 14.3. The quantitative estimate of drug-likeness (QED) is 0.117. The highest BCUT2D eigenvalue weighted by Gasteiger charge is 2.46. The molecule has 2 aliphatic carbocycles. The van der Waals surface area contributed by atoms with Crippen LogP contribution in [0, 0.1) is 91.3 Å². The molecule has 12 rings (SSSR count). The molecule has 0 unspecified atom stereocenters. The Hall–Kier alpha value is -12.9. The van der Waals surface area contributed by atoms with Crippen LogP contribution in [0.5, 0.6) is 0 Å². The average molecular weight is 1120 g/mol. The van der Waals surface area contributed by atoms with Gasteiger partial charge < -0.3 is 0 Å². The molecule has 0 amide bonds. The van der Waals surface area contributed by atoms with Crippen LogP contribution >= 0.6 is 0 Å². The Morgan fingerprint density at radius 2 is 0.500 bits per heavy atom. The van der Waals surface area contributed by atoms with Crippen molar-refractivity contribution in [1.29, 1.82) is 31.6 Å². The van der Waals surface area contributed by atoms with Gasteiger partial charge in [-0.1, -0.05) is 146 Å². The fourth-order valence-electron chi connectivity index (χ4n) is 10.5. The number of benzene rings is 8. The molecule has 0 radical (unpaired) electrons. The Labute approximate surface area is 488 Å². The SMILES string of the molecule is N#CC1=C(c2nc(-c3ccccc3)nc(-c3ccccc3)n2)C(=C(c2ccc(F)c(C#N)c2)c2ccc(F)c(C#N)c2)C2=C1C(=C(c1ccc(F)c(C#N)c1)c1ccc(F)c(C#N)c1)C(c1nc(-c3ccccc3)nc(-c3ccccc3)n1)=C2C#N. The fourth-order valence-corrected chi connectivity index (χ4v) is 10.5. The zero-order chi connectivity index (χ0) is 59.6. The summed E-state index contributed by atoms with van der Waals surface area (Å²) in [6, 6.07) is 62.3. The van der Waals surface area contributed by atoms with Crippen molar-refractivity contribution in [3.63, 3.8) is 0 Å². The van der Waals surface area contributed by atoms with Crippen LogP contribution in [0.25, 0.3) is 67.8 Å². The maximum absolute atomic E-state index is 15.8. The lowest BCUT2D eigenvalue weighted by molar-refractivity contribution is 0.623. The van der Waals surface area contributed by atoms with Gasteiger partial charge in [0.2, 0.25) is 0 Å². The number of hydrogen-bond acceptors (Lipinski definition) is 12. The van der Waals surface area contributed by atoms with Gasteiger partial charge in [0.25, 0.3) is 0 Å². The van der Waals surface area contributed by atoms with Crippen molar-refractivity contribution in [3.8, 4) is 82.0 Å². The minimum absolute atomic E-state index is 0.0104. The Bertz CT molecular complexity index is 4410. The van der Waals surface area contributed by atoms with E-state index in [0.717, 1.165) is 24.3 Å². The van der Waals surface area contributed by atoms with E-state index in [2.05, 4.69) is 12.1 Å². The van der Waals surface area contributed by atoms with Gasteiger partial charge in [0, 0.05) is 55.7 Å². The molecule has 16 heteroatoms. The summed E-state index contributed by atoms with van der Waals surface area (Å²) in [5, 5.41) is 66.4. The van der Waals surface area contributed by atoms with Gasteiger partial charge in [-0.3, -0.25) is 0 Å². The number of nitriles is 6. The minimum atomic E-state index is -0.907. The van der Waals surface area contributed by atoms with Crippen molar-refractivity contribution >= 4 is 22.3 Å². The summed E-state index contributed by atoms with van der Waals surface area (Å²) >= 11 is 0. The van der Waals surface area contributed by atoms with Gasteiger partial charge in [-0.15, -0.1) is 0 Å². The summed E-state index contributed by atoms with van der Waals surface area (Å²) in [5.41, 5.74) is -0.243. The zero-order valence-electron chi connectivity index (χ0n) is 44.4. The number of aromatic nitrogens is 6. The lowest BCUT2D eigenvalue weighted by Gasteiger charge is -2.21. The van der Waals surface area contributed by atoms with E-state index in [-0.39, 0.29) is 113 Å². The van der Waals surface area contributed by atoms with Crippen LogP contribution in [0.2, 0.25) is 0 Å². The molecule has 0 saturated heterocycles. The molecule has 2 heterocycles. The van der Waals surface area contributed by atoms with Crippen LogP contribution in [0.1, 0.15) is 56.2 Å². The van der Waals surface area contributed by atoms with E-state index in [9.17, 15) is 31.6 Å². The Morgan fingerprint density at radius 3 is 0.721 bits per heavy atom. The van der Waals surface area contributed by atoms with Crippen molar-refractivity contribution in [2.45, 2.75) is 0 Å². The monoisotopic (exact) mass is 1120 g/mol. The molecule has 2 aromatic heterocycles. The van der Waals surface area contributed by atoms with Crippen LogP contribution in [0.4, 0.5) is 17.6 Å². The average Bonchev–Trinajstić information content (AvgIpc) is 1.59. The first kappa shape index (κ1) is 53.8. The van der Waals surface area contributed by atoms with Gasteiger partial charge in [-0.2, -0.15) is 31.6 Å². The summed E-state index contributed by atoms with van der Waals surface area (Å²) in [7, 11) is 0. The molecule has 0 bridgehead atoms. The highest BCUT2D eigenvalue weighted by molar-refractivity contribution is 6.16. The second kappa shape index (κ2) is 22.6.